The third kappa shape index (κ3) is 5.49. The van der Waals surface area contributed by atoms with Gasteiger partial charge in [0.2, 0.25) is 15.9 Å². The summed E-state index contributed by atoms with van der Waals surface area (Å²) in [6.07, 6.45) is -4.81. The molecule has 33 heavy (non-hydrogen) atoms. The predicted molar refractivity (Wildman–Crippen MR) is 113 cm³/mol. The van der Waals surface area contributed by atoms with E-state index in [-0.39, 0.29) is 37.6 Å². The summed E-state index contributed by atoms with van der Waals surface area (Å²) in [6, 6.07) is 8.75. The van der Waals surface area contributed by atoms with Gasteiger partial charge in [-0.05, 0) is 25.1 Å². The Morgan fingerprint density at radius 1 is 1.09 bits per heavy atom. The molecule has 0 saturated carbocycles. The fraction of sp³-hybridized carbons (Fsp3) is 0.350. The topological polar surface area (TPSA) is 113 Å². The van der Waals surface area contributed by atoms with E-state index in [0.717, 1.165) is 22.5 Å². The molecule has 0 aromatic heterocycles. The van der Waals surface area contributed by atoms with Crippen LogP contribution in [0.25, 0.3) is 0 Å². The van der Waals surface area contributed by atoms with E-state index in [1.807, 2.05) is 0 Å². The number of alkyl halides is 3. The highest BCUT2D eigenvalue weighted by molar-refractivity contribution is 7.89. The van der Waals surface area contributed by atoms with E-state index in [1.165, 1.54) is 30.3 Å². The first-order chi connectivity index (χ1) is 15.4. The van der Waals surface area contributed by atoms with Gasteiger partial charge in [0.1, 0.15) is 0 Å². The van der Waals surface area contributed by atoms with Crippen molar-refractivity contribution in [3.05, 3.63) is 64.2 Å². The number of benzene rings is 2. The Morgan fingerprint density at radius 2 is 1.73 bits per heavy atom. The Balaban J connectivity index is 1.66. The molecule has 9 nitrogen and oxygen atoms in total. The number of sulfonamides is 1. The molecule has 2 aromatic rings. The number of halogens is 3. The summed E-state index contributed by atoms with van der Waals surface area (Å²) < 4.78 is 66.5. The Labute approximate surface area is 188 Å². The fourth-order valence-corrected chi connectivity index (χ4v) is 5.14. The average Bonchev–Trinajstić information content (AvgIpc) is 2.78. The number of carbonyl (C=O) groups excluding carboxylic acids is 1. The third-order valence-electron chi connectivity index (χ3n) is 5.34. The van der Waals surface area contributed by atoms with Crippen LogP contribution in [0.2, 0.25) is 0 Å². The Hall–Kier alpha value is -3.03. The molecule has 1 heterocycles. The number of nitro groups is 1. The molecule has 2 aromatic carbocycles. The molecule has 1 saturated heterocycles. The summed E-state index contributed by atoms with van der Waals surface area (Å²) in [6.45, 7) is 1.65. The van der Waals surface area contributed by atoms with Crippen LogP contribution in [-0.4, -0.2) is 60.7 Å². The number of non-ortho nitro benzene ring substituents is 1. The molecule has 178 valence electrons. The first kappa shape index (κ1) is 24.6. The second-order valence-corrected chi connectivity index (χ2v) is 9.31. The summed E-state index contributed by atoms with van der Waals surface area (Å²) in [7, 11) is -4.38. The Kier molecular flexibility index (Phi) is 7.05. The van der Waals surface area contributed by atoms with Gasteiger partial charge in [-0.3, -0.25) is 19.8 Å². The van der Waals surface area contributed by atoms with Crippen LogP contribution in [0.4, 0.5) is 24.5 Å². The van der Waals surface area contributed by atoms with Crippen molar-refractivity contribution in [2.24, 2.45) is 0 Å². The molecule has 3 rings (SSSR count). The number of hydrogen-bond acceptors (Lipinski definition) is 6. The van der Waals surface area contributed by atoms with E-state index in [4.69, 9.17) is 0 Å². The SMILES string of the molecule is CC(C(=O)Nc1cccc([N+](=O)[O-])c1)N1CCN(S(=O)(=O)c2ccccc2C(F)(F)F)CC1. The van der Waals surface area contributed by atoms with Crippen molar-refractivity contribution in [2.45, 2.75) is 24.0 Å². The van der Waals surface area contributed by atoms with E-state index >= 15 is 0 Å². The van der Waals surface area contributed by atoms with Gasteiger partial charge in [-0.25, -0.2) is 8.42 Å². The third-order valence-corrected chi connectivity index (χ3v) is 7.29. The highest BCUT2D eigenvalue weighted by atomic mass is 32.2. The minimum absolute atomic E-state index is 0.0943. The summed E-state index contributed by atoms with van der Waals surface area (Å²) in [4.78, 5) is 23.7. The second-order valence-electron chi connectivity index (χ2n) is 7.41. The number of amides is 1. The number of hydrogen-bond donors (Lipinski definition) is 1. The largest absolute Gasteiger partial charge is 0.417 e. The Morgan fingerprint density at radius 3 is 2.33 bits per heavy atom. The molecule has 1 atom stereocenters. The highest BCUT2D eigenvalue weighted by Gasteiger charge is 2.40. The van der Waals surface area contributed by atoms with E-state index in [1.54, 1.807) is 11.8 Å². The van der Waals surface area contributed by atoms with Crippen LogP contribution >= 0.6 is 0 Å². The molecule has 0 aliphatic carbocycles. The number of rotatable bonds is 6. The lowest BCUT2D eigenvalue weighted by atomic mass is 10.2. The van der Waals surface area contributed by atoms with Crippen LogP contribution in [0.15, 0.2) is 53.4 Å². The summed E-state index contributed by atoms with van der Waals surface area (Å²) in [5.74, 6) is -0.450. The molecule has 0 radical (unpaired) electrons. The van der Waals surface area contributed by atoms with Crippen molar-refractivity contribution in [1.82, 2.24) is 9.21 Å². The maximum atomic E-state index is 13.3. The smallest absolute Gasteiger partial charge is 0.324 e. The number of carbonyl (C=O) groups is 1. The van der Waals surface area contributed by atoms with Crippen molar-refractivity contribution in [3.63, 3.8) is 0 Å². The number of piperazine rings is 1. The standard InChI is InChI=1S/C20H21F3N4O5S/c1-14(19(28)24-15-5-4-6-16(13-15)27(29)30)25-9-11-26(12-10-25)33(31,32)18-8-3-2-7-17(18)20(21,22)23/h2-8,13-14H,9-12H2,1H3,(H,24,28). The van der Waals surface area contributed by atoms with E-state index in [9.17, 15) is 36.5 Å². The van der Waals surface area contributed by atoms with Crippen molar-refractivity contribution < 1.29 is 31.3 Å². The van der Waals surface area contributed by atoms with Crippen LogP contribution in [0, 0.1) is 10.1 Å². The molecule has 1 N–H and O–H groups in total. The Bertz CT molecular complexity index is 1150. The van der Waals surface area contributed by atoms with Crippen LogP contribution in [0.3, 0.4) is 0 Å². The van der Waals surface area contributed by atoms with Crippen LogP contribution in [-0.2, 0) is 21.0 Å². The van der Waals surface area contributed by atoms with Crippen LogP contribution in [0.1, 0.15) is 12.5 Å². The van der Waals surface area contributed by atoms with Gasteiger partial charge >= 0.3 is 6.18 Å². The molecular formula is C20H21F3N4O5S. The molecule has 1 unspecified atom stereocenters. The van der Waals surface area contributed by atoms with Gasteiger partial charge in [0.05, 0.1) is 21.4 Å². The van der Waals surface area contributed by atoms with Gasteiger partial charge in [-0.1, -0.05) is 18.2 Å². The lowest BCUT2D eigenvalue weighted by Crippen LogP contribution is -2.54. The first-order valence-electron chi connectivity index (χ1n) is 9.87. The van der Waals surface area contributed by atoms with Crippen molar-refractivity contribution >= 4 is 27.3 Å². The molecule has 0 spiro atoms. The molecule has 1 aliphatic rings. The van der Waals surface area contributed by atoms with Gasteiger partial charge in [-0.15, -0.1) is 0 Å². The van der Waals surface area contributed by atoms with Gasteiger partial charge in [0.15, 0.2) is 0 Å². The van der Waals surface area contributed by atoms with Crippen molar-refractivity contribution in [1.29, 1.82) is 0 Å². The zero-order chi connectivity index (χ0) is 24.4. The molecule has 1 amide bonds. The number of nitro benzene ring substituents is 1. The van der Waals surface area contributed by atoms with Gasteiger partial charge in [0.25, 0.3) is 5.69 Å². The second kappa shape index (κ2) is 9.45. The van der Waals surface area contributed by atoms with Crippen molar-refractivity contribution in [2.75, 3.05) is 31.5 Å². The van der Waals surface area contributed by atoms with Gasteiger partial charge < -0.3 is 5.32 Å². The lowest BCUT2D eigenvalue weighted by molar-refractivity contribution is -0.384. The number of nitrogens with zero attached hydrogens (tertiary/aromatic N) is 3. The van der Waals surface area contributed by atoms with Crippen LogP contribution in [0.5, 0.6) is 0 Å². The molecule has 1 fully saturated rings. The van der Waals surface area contributed by atoms with E-state index < -0.39 is 43.5 Å². The average molecular weight is 486 g/mol. The zero-order valence-corrected chi connectivity index (χ0v) is 18.3. The maximum Gasteiger partial charge on any atom is 0.417 e. The fourth-order valence-electron chi connectivity index (χ4n) is 3.51. The summed E-state index contributed by atoms with van der Waals surface area (Å²) in [5, 5.41) is 13.5. The monoisotopic (exact) mass is 486 g/mol. The van der Waals surface area contributed by atoms with E-state index in [2.05, 4.69) is 5.32 Å². The molecular weight excluding hydrogens is 465 g/mol. The van der Waals surface area contributed by atoms with Crippen LogP contribution < -0.4 is 5.32 Å². The van der Waals surface area contributed by atoms with Gasteiger partial charge in [0, 0.05) is 44.0 Å². The zero-order valence-electron chi connectivity index (χ0n) is 17.4. The minimum atomic E-state index is -4.81. The van der Waals surface area contributed by atoms with E-state index in [0.29, 0.717) is 0 Å². The lowest BCUT2D eigenvalue weighted by Gasteiger charge is -2.37. The predicted octanol–water partition coefficient (Wildman–Crippen LogP) is 2.95. The number of nitrogens with one attached hydrogen (secondary N) is 1. The normalized spacial score (nSPS) is 16.8. The summed E-state index contributed by atoms with van der Waals surface area (Å²) in [5.41, 5.74) is -1.17. The highest BCUT2D eigenvalue weighted by Crippen LogP contribution is 2.35. The number of anilines is 1. The first-order valence-corrected chi connectivity index (χ1v) is 11.3. The minimum Gasteiger partial charge on any atom is -0.324 e. The van der Waals surface area contributed by atoms with Gasteiger partial charge in [-0.2, -0.15) is 17.5 Å². The maximum absolute atomic E-state index is 13.3. The van der Waals surface area contributed by atoms with Crippen molar-refractivity contribution in [3.8, 4) is 0 Å². The summed E-state index contributed by atoms with van der Waals surface area (Å²) >= 11 is 0. The molecule has 13 heteroatoms. The quantitative estimate of drug-likeness (QED) is 0.496. The molecule has 1 aliphatic heterocycles. The molecule has 0 bridgehead atoms.